The Morgan fingerprint density at radius 3 is 2.46 bits per heavy atom. The second-order valence-corrected chi connectivity index (χ2v) is 2.71. The zero-order valence-electron chi connectivity index (χ0n) is 6.01. The van der Waals surface area contributed by atoms with Gasteiger partial charge in [-0.15, -0.1) is 30.2 Å². The topological polar surface area (TPSA) is 22.1 Å². The predicted molar refractivity (Wildman–Crippen MR) is 48.9 cm³/mol. The van der Waals surface area contributed by atoms with Crippen LogP contribution in [0.25, 0.3) is 0 Å². The number of hydrogen-bond acceptors (Lipinski definition) is 2. The van der Waals surface area contributed by atoms with Crippen LogP contribution in [0.1, 0.15) is 0 Å². The Balaban J connectivity index is 0.00000144. The van der Waals surface area contributed by atoms with Crippen molar-refractivity contribution < 1.29 is 17.9 Å². The zero-order chi connectivity index (χ0) is 9.19. The van der Waals surface area contributed by atoms with Crippen LogP contribution >= 0.6 is 32.9 Å². The molecule has 13 heavy (non-hydrogen) atoms. The second kappa shape index (κ2) is 4.80. The van der Waals surface area contributed by atoms with Crippen molar-refractivity contribution in [1.29, 1.82) is 0 Å². The number of nitrogens with zero attached hydrogens (tertiary/aromatic N) is 1. The summed E-state index contributed by atoms with van der Waals surface area (Å²) < 4.78 is 38.8. The molecule has 0 N–H and O–H groups in total. The molecule has 0 saturated carbocycles. The van der Waals surface area contributed by atoms with Crippen molar-refractivity contribution >= 4 is 32.9 Å². The van der Waals surface area contributed by atoms with Crippen LogP contribution in [0.2, 0.25) is 0 Å². The van der Waals surface area contributed by atoms with Crippen LogP contribution in [0.5, 0.6) is 5.75 Å². The van der Waals surface area contributed by atoms with Crippen molar-refractivity contribution in [3.63, 3.8) is 0 Å². The van der Waals surface area contributed by atoms with Gasteiger partial charge in [-0.05, 0) is 22.0 Å². The van der Waals surface area contributed by atoms with Gasteiger partial charge in [-0.25, -0.2) is 0 Å². The third-order valence-corrected chi connectivity index (χ3v) is 1.61. The van der Waals surface area contributed by atoms with E-state index < -0.39 is 6.36 Å². The van der Waals surface area contributed by atoms with Crippen molar-refractivity contribution in [3.05, 3.63) is 22.9 Å². The standard InChI is InChI=1S/C6H3BrF3NO.BrH/c7-4-1-2-11-3-5(4)12-6(8,9)10;/h1-3H;1H. The van der Waals surface area contributed by atoms with E-state index in [1.165, 1.54) is 12.3 Å². The number of ether oxygens (including phenoxy) is 1. The lowest BCUT2D eigenvalue weighted by Gasteiger charge is -2.08. The minimum Gasteiger partial charge on any atom is -0.403 e. The maximum atomic E-state index is 11.7. The lowest BCUT2D eigenvalue weighted by Crippen LogP contribution is -2.17. The van der Waals surface area contributed by atoms with Gasteiger partial charge < -0.3 is 4.74 Å². The van der Waals surface area contributed by atoms with E-state index in [2.05, 4.69) is 25.7 Å². The predicted octanol–water partition coefficient (Wildman–Crippen LogP) is 3.32. The van der Waals surface area contributed by atoms with Crippen LogP contribution in [0.3, 0.4) is 0 Å². The summed E-state index contributed by atoms with van der Waals surface area (Å²) in [6, 6.07) is 1.36. The SMILES string of the molecule is Br.FC(F)(F)Oc1cnccc1Br. The molecule has 0 atom stereocenters. The maximum Gasteiger partial charge on any atom is 0.573 e. The fourth-order valence-corrected chi connectivity index (χ4v) is 0.864. The summed E-state index contributed by atoms with van der Waals surface area (Å²) in [6.45, 7) is 0. The Labute approximate surface area is 91.0 Å². The number of alkyl halides is 3. The first-order valence-corrected chi connectivity index (χ1v) is 3.63. The van der Waals surface area contributed by atoms with Crippen LogP contribution in [0.4, 0.5) is 13.2 Å². The normalized spacial score (nSPS) is 10.5. The summed E-state index contributed by atoms with van der Waals surface area (Å²) in [5.74, 6) is -0.343. The molecular weight excluding hydrogens is 319 g/mol. The van der Waals surface area contributed by atoms with E-state index >= 15 is 0 Å². The van der Waals surface area contributed by atoms with Gasteiger partial charge in [-0.1, -0.05) is 0 Å². The quantitative estimate of drug-likeness (QED) is 0.791. The first-order valence-electron chi connectivity index (χ1n) is 2.84. The molecular formula is C6H4Br2F3NO. The maximum absolute atomic E-state index is 11.7. The fourth-order valence-electron chi connectivity index (χ4n) is 0.563. The third-order valence-electron chi connectivity index (χ3n) is 0.960. The number of hydrogen-bond donors (Lipinski definition) is 0. The average molecular weight is 323 g/mol. The van der Waals surface area contributed by atoms with Gasteiger partial charge in [0.15, 0.2) is 5.75 Å². The molecule has 0 aromatic carbocycles. The van der Waals surface area contributed by atoms with Crippen molar-refractivity contribution in [2.24, 2.45) is 0 Å². The summed E-state index contributed by atoms with van der Waals surface area (Å²) in [5, 5.41) is 0. The summed E-state index contributed by atoms with van der Waals surface area (Å²) >= 11 is 2.88. The molecule has 1 aromatic heterocycles. The zero-order valence-corrected chi connectivity index (χ0v) is 9.31. The molecule has 0 aliphatic heterocycles. The minimum atomic E-state index is -4.68. The van der Waals surface area contributed by atoms with E-state index in [-0.39, 0.29) is 27.2 Å². The molecule has 1 heterocycles. The highest BCUT2D eigenvalue weighted by molar-refractivity contribution is 9.10. The van der Waals surface area contributed by atoms with Crippen LogP contribution in [-0.2, 0) is 0 Å². The Bertz CT molecular complexity index is 279. The Morgan fingerprint density at radius 2 is 2.00 bits per heavy atom. The van der Waals surface area contributed by atoms with Crippen LogP contribution in [-0.4, -0.2) is 11.3 Å². The van der Waals surface area contributed by atoms with Gasteiger partial charge in [0.25, 0.3) is 0 Å². The summed E-state index contributed by atoms with van der Waals surface area (Å²) in [5.41, 5.74) is 0. The number of halogens is 5. The average Bonchev–Trinajstić information content (AvgIpc) is 1.91. The molecule has 1 rings (SSSR count). The van der Waals surface area contributed by atoms with Crippen molar-refractivity contribution in [2.75, 3.05) is 0 Å². The highest BCUT2D eigenvalue weighted by Crippen LogP contribution is 2.28. The Kier molecular flexibility index (Phi) is 4.69. The number of pyridine rings is 1. The Hall–Kier alpha value is -0.300. The van der Waals surface area contributed by atoms with Crippen molar-refractivity contribution in [3.8, 4) is 5.75 Å². The molecule has 7 heteroatoms. The van der Waals surface area contributed by atoms with E-state index in [0.29, 0.717) is 0 Å². The van der Waals surface area contributed by atoms with Crippen molar-refractivity contribution in [1.82, 2.24) is 4.98 Å². The van der Waals surface area contributed by atoms with Crippen molar-refractivity contribution in [2.45, 2.75) is 6.36 Å². The van der Waals surface area contributed by atoms with Gasteiger partial charge in [-0.3, -0.25) is 4.98 Å². The summed E-state index contributed by atoms with van der Waals surface area (Å²) in [7, 11) is 0. The minimum absolute atomic E-state index is 0. The van der Waals surface area contributed by atoms with Gasteiger partial charge in [-0.2, -0.15) is 0 Å². The monoisotopic (exact) mass is 321 g/mol. The molecule has 0 radical (unpaired) electrons. The molecule has 74 valence electrons. The van der Waals surface area contributed by atoms with Gasteiger partial charge in [0.1, 0.15) is 0 Å². The summed E-state index contributed by atoms with van der Waals surface area (Å²) in [6.07, 6.45) is -2.34. The molecule has 0 aliphatic carbocycles. The third kappa shape index (κ3) is 4.47. The van der Waals surface area contributed by atoms with Gasteiger partial charge in [0.05, 0.1) is 10.7 Å². The summed E-state index contributed by atoms with van der Waals surface area (Å²) in [4.78, 5) is 3.47. The van der Waals surface area contributed by atoms with Gasteiger partial charge in [0.2, 0.25) is 0 Å². The first-order chi connectivity index (χ1) is 5.49. The lowest BCUT2D eigenvalue weighted by atomic mass is 10.5. The second-order valence-electron chi connectivity index (χ2n) is 1.85. The highest BCUT2D eigenvalue weighted by Gasteiger charge is 2.31. The van der Waals surface area contributed by atoms with E-state index in [4.69, 9.17) is 0 Å². The molecule has 0 amide bonds. The first kappa shape index (κ1) is 12.7. The van der Waals surface area contributed by atoms with E-state index in [1.54, 1.807) is 0 Å². The molecule has 0 unspecified atom stereocenters. The molecule has 0 aliphatic rings. The number of rotatable bonds is 1. The largest absolute Gasteiger partial charge is 0.573 e. The molecule has 0 bridgehead atoms. The number of aromatic nitrogens is 1. The highest BCUT2D eigenvalue weighted by atomic mass is 79.9. The molecule has 0 fully saturated rings. The van der Waals surface area contributed by atoms with Crippen LogP contribution < -0.4 is 4.74 Å². The van der Waals surface area contributed by atoms with Crippen LogP contribution in [0.15, 0.2) is 22.9 Å². The van der Waals surface area contributed by atoms with Gasteiger partial charge >= 0.3 is 6.36 Å². The molecule has 0 saturated heterocycles. The molecule has 0 spiro atoms. The fraction of sp³-hybridized carbons (Fsp3) is 0.167. The van der Waals surface area contributed by atoms with Gasteiger partial charge in [0, 0.05) is 6.20 Å². The van der Waals surface area contributed by atoms with Crippen LogP contribution in [0, 0.1) is 0 Å². The van der Waals surface area contributed by atoms with E-state index in [1.807, 2.05) is 0 Å². The smallest absolute Gasteiger partial charge is 0.403 e. The molecule has 1 aromatic rings. The lowest BCUT2D eigenvalue weighted by molar-refractivity contribution is -0.275. The molecule has 2 nitrogen and oxygen atoms in total. The van der Waals surface area contributed by atoms with E-state index in [9.17, 15) is 13.2 Å². The Morgan fingerprint density at radius 1 is 1.38 bits per heavy atom. The van der Waals surface area contributed by atoms with E-state index in [0.717, 1.165) is 6.20 Å².